The Morgan fingerprint density at radius 1 is 1.13 bits per heavy atom. The van der Waals surface area contributed by atoms with Gasteiger partial charge in [0.1, 0.15) is 0 Å². The standard InChI is InChI=1S/C26H34N2O3/c1-24(12-8-7-11-21(24)23(30)31)18-28-19-25(17-22(28)29)13-15-26(16-14-25,27(2)3)20-9-5-4-6-10-20/h4-12,21H,13-19H2,1-3H3,(H,30,31). The quantitative estimate of drug-likeness (QED) is 0.777. The topological polar surface area (TPSA) is 60.9 Å². The van der Waals surface area contributed by atoms with Crippen molar-refractivity contribution in [1.29, 1.82) is 0 Å². The minimum Gasteiger partial charge on any atom is -0.481 e. The highest BCUT2D eigenvalue weighted by atomic mass is 16.4. The highest BCUT2D eigenvalue weighted by molar-refractivity contribution is 5.80. The van der Waals surface area contributed by atoms with Gasteiger partial charge in [0.25, 0.3) is 0 Å². The number of carboxylic acids is 1. The van der Waals surface area contributed by atoms with Crippen LogP contribution in [0.5, 0.6) is 0 Å². The average Bonchev–Trinajstić information content (AvgIpc) is 3.03. The number of carbonyl (C=O) groups excluding carboxylic acids is 1. The lowest BCUT2D eigenvalue weighted by Gasteiger charge is -2.49. The van der Waals surface area contributed by atoms with Gasteiger partial charge in [-0.15, -0.1) is 0 Å². The van der Waals surface area contributed by atoms with Crippen molar-refractivity contribution in [2.75, 3.05) is 27.2 Å². The number of nitrogens with zero attached hydrogens (tertiary/aromatic N) is 2. The van der Waals surface area contributed by atoms with Gasteiger partial charge in [0.2, 0.25) is 5.91 Å². The Balaban J connectivity index is 1.49. The second-order valence-electron chi connectivity index (χ2n) is 10.3. The van der Waals surface area contributed by atoms with Crippen molar-refractivity contribution in [3.63, 3.8) is 0 Å². The zero-order valence-corrected chi connectivity index (χ0v) is 18.9. The van der Waals surface area contributed by atoms with Crippen molar-refractivity contribution in [2.45, 2.75) is 44.6 Å². The van der Waals surface area contributed by atoms with Gasteiger partial charge in [0, 0.05) is 30.5 Å². The molecule has 5 nitrogen and oxygen atoms in total. The summed E-state index contributed by atoms with van der Waals surface area (Å²) in [6.45, 7) is 3.16. The molecule has 31 heavy (non-hydrogen) atoms. The van der Waals surface area contributed by atoms with E-state index < -0.39 is 17.3 Å². The first-order valence-electron chi connectivity index (χ1n) is 11.3. The van der Waals surface area contributed by atoms with Gasteiger partial charge >= 0.3 is 5.97 Å². The third-order valence-corrected chi connectivity index (χ3v) is 8.11. The van der Waals surface area contributed by atoms with Gasteiger partial charge in [0.05, 0.1) is 5.92 Å². The molecule has 3 aliphatic rings. The Hall–Kier alpha value is -2.40. The predicted molar refractivity (Wildman–Crippen MR) is 121 cm³/mol. The van der Waals surface area contributed by atoms with E-state index >= 15 is 0 Å². The van der Waals surface area contributed by atoms with E-state index in [1.54, 1.807) is 12.2 Å². The van der Waals surface area contributed by atoms with Gasteiger partial charge in [-0.05, 0) is 50.8 Å². The van der Waals surface area contributed by atoms with Crippen molar-refractivity contribution in [2.24, 2.45) is 16.7 Å². The van der Waals surface area contributed by atoms with Crippen molar-refractivity contribution in [3.05, 3.63) is 60.2 Å². The molecular weight excluding hydrogens is 388 g/mol. The number of allylic oxidation sites excluding steroid dienone is 2. The van der Waals surface area contributed by atoms with Crippen LogP contribution in [-0.4, -0.2) is 54.0 Å². The van der Waals surface area contributed by atoms with Crippen molar-refractivity contribution in [3.8, 4) is 0 Å². The summed E-state index contributed by atoms with van der Waals surface area (Å²) in [6, 6.07) is 10.7. The molecule has 2 aliphatic carbocycles. The van der Waals surface area contributed by atoms with Crippen LogP contribution in [0.3, 0.4) is 0 Å². The highest BCUT2D eigenvalue weighted by Crippen LogP contribution is 2.52. The average molecular weight is 423 g/mol. The lowest BCUT2D eigenvalue weighted by atomic mass is 9.64. The van der Waals surface area contributed by atoms with E-state index in [1.807, 2.05) is 24.0 Å². The smallest absolute Gasteiger partial charge is 0.311 e. The summed E-state index contributed by atoms with van der Waals surface area (Å²) < 4.78 is 0. The van der Waals surface area contributed by atoms with Crippen molar-refractivity contribution >= 4 is 11.9 Å². The van der Waals surface area contributed by atoms with Crippen LogP contribution in [0.2, 0.25) is 0 Å². The normalized spacial score (nSPS) is 35.3. The molecule has 5 heteroatoms. The molecule has 1 aromatic carbocycles. The number of carboxylic acid groups (broad SMARTS) is 1. The first kappa shape index (κ1) is 21.8. The first-order valence-corrected chi connectivity index (χ1v) is 11.3. The van der Waals surface area contributed by atoms with E-state index in [9.17, 15) is 14.7 Å². The molecule has 1 spiro atoms. The number of amides is 1. The van der Waals surface area contributed by atoms with Crippen LogP contribution in [0.25, 0.3) is 0 Å². The summed E-state index contributed by atoms with van der Waals surface area (Å²) >= 11 is 0. The summed E-state index contributed by atoms with van der Waals surface area (Å²) in [7, 11) is 4.32. The van der Waals surface area contributed by atoms with E-state index in [0.717, 1.165) is 32.2 Å². The maximum Gasteiger partial charge on any atom is 0.311 e. The predicted octanol–water partition coefficient (Wildman–Crippen LogP) is 4.07. The first-order chi connectivity index (χ1) is 14.7. The van der Waals surface area contributed by atoms with Gasteiger partial charge in [-0.25, -0.2) is 0 Å². The monoisotopic (exact) mass is 422 g/mol. The Morgan fingerprint density at radius 2 is 1.81 bits per heavy atom. The summed E-state index contributed by atoms with van der Waals surface area (Å²) in [6.07, 6.45) is 12.1. The van der Waals surface area contributed by atoms with E-state index in [4.69, 9.17) is 0 Å². The molecule has 1 N–H and O–H groups in total. The molecule has 0 radical (unpaired) electrons. The molecule has 1 aliphatic heterocycles. The molecule has 2 atom stereocenters. The maximum absolute atomic E-state index is 13.0. The Bertz CT molecular complexity index is 896. The molecule has 166 valence electrons. The summed E-state index contributed by atoms with van der Waals surface area (Å²) in [4.78, 5) is 29.1. The van der Waals surface area contributed by atoms with Crippen LogP contribution in [-0.2, 0) is 15.1 Å². The molecule has 0 aromatic heterocycles. The third-order valence-electron chi connectivity index (χ3n) is 8.11. The van der Waals surface area contributed by atoms with Crippen LogP contribution in [0.4, 0.5) is 0 Å². The molecule has 2 fully saturated rings. The molecule has 1 heterocycles. The van der Waals surface area contributed by atoms with E-state index in [-0.39, 0.29) is 16.9 Å². The fourth-order valence-electron chi connectivity index (χ4n) is 6.10. The summed E-state index contributed by atoms with van der Waals surface area (Å²) in [5, 5.41) is 9.68. The number of hydrogen-bond acceptors (Lipinski definition) is 3. The van der Waals surface area contributed by atoms with Gasteiger partial charge in [0.15, 0.2) is 0 Å². The van der Waals surface area contributed by atoms with Crippen LogP contribution in [0.1, 0.15) is 44.6 Å². The van der Waals surface area contributed by atoms with Crippen molar-refractivity contribution < 1.29 is 14.7 Å². The molecule has 4 rings (SSSR count). The minimum atomic E-state index is -0.833. The molecule has 1 amide bonds. The number of benzene rings is 1. The second-order valence-corrected chi connectivity index (χ2v) is 10.3. The van der Waals surface area contributed by atoms with Gasteiger partial charge < -0.3 is 10.0 Å². The molecule has 1 aromatic rings. The molecule has 1 saturated carbocycles. The van der Waals surface area contributed by atoms with Crippen molar-refractivity contribution in [1.82, 2.24) is 9.80 Å². The summed E-state index contributed by atoms with van der Waals surface area (Å²) in [5.74, 6) is -1.26. The number of aliphatic carboxylic acids is 1. The Labute approximate surface area is 185 Å². The number of rotatable bonds is 5. The largest absolute Gasteiger partial charge is 0.481 e. The SMILES string of the molecule is CN(C)C1(c2ccccc2)CCC2(CC1)CC(=O)N(CC1(C)C=CC=CC1C(=O)O)C2. The zero-order chi connectivity index (χ0) is 22.3. The number of likely N-dealkylation sites (tertiary alicyclic amines) is 1. The van der Waals surface area contributed by atoms with Gasteiger partial charge in [-0.3, -0.25) is 14.5 Å². The Morgan fingerprint density at radius 3 is 2.42 bits per heavy atom. The fraction of sp³-hybridized carbons (Fsp3) is 0.538. The van der Waals surface area contributed by atoms with Crippen LogP contribution in [0.15, 0.2) is 54.6 Å². The summed E-state index contributed by atoms with van der Waals surface area (Å²) in [5.41, 5.74) is 0.801. The third kappa shape index (κ3) is 3.84. The van der Waals surface area contributed by atoms with Gasteiger partial charge in [-0.1, -0.05) is 61.6 Å². The number of hydrogen-bond donors (Lipinski definition) is 1. The maximum atomic E-state index is 13.0. The van der Waals surface area contributed by atoms with Crippen LogP contribution >= 0.6 is 0 Å². The molecule has 1 saturated heterocycles. The minimum absolute atomic E-state index is 0.00861. The fourth-order valence-corrected chi connectivity index (χ4v) is 6.10. The molecule has 2 unspecified atom stereocenters. The number of carbonyl (C=O) groups is 2. The van der Waals surface area contributed by atoms with E-state index in [2.05, 4.69) is 49.3 Å². The Kier molecular flexibility index (Phi) is 5.59. The van der Waals surface area contributed by atoms with Crippen LogP contribution < -0.4 is 0 Å². The molecular formula is C26H34N2O3. The molecule has 0 bridgehead atoms. The second kappa shape index (κ2) is 7.94. The van der Waals surface area contributed by atoms with Crippen LogP contribution in [0, 0.1) is 16.7 Å². The lowest BCUT2D eigenvalue weighted by molar-refractivity contribution is -0.144. The lowest BCUT2D eigenvalue weighted by Crippen LogP contribution is -2.48. The van der Waals surface area contributed by atoms with E-state index in [0.29, 0.717) is 13.0 Å². The highest BCUT2D eigenvalue weighted by Gasteiger charge is 2.51. The van der Waals surface area contributed by atoms with Gasteiger partial charge in [-0.2, -0.15) is 0 Å². The zero-order valence-electron chi connectivity index (χ0n) is 18.9. The van der Waals surface area contributed by atoms with E-state index in [1.165, 1.54) is 5.56 Å².